The van der Waals surface area contributed by atoms with Gasteiger partial charge in [0, 0.05) is 28.7 Å². The zero-order valence-electron chi connectivity index (χ0n) is 14.5. The van der Waals surface area contributed by atoms with Crippen molar-refractivity contribution in [2.45, 2.75) is 36.0 Å². The third-order valence-electron chi connectivity index (χ3n) is 7.33. The number of rotatable bonds is 1. The van der Waals surface area contributed by atoms with Gasteiger partial charge in [-0.25, -0.2) is 0 Å². The minimum absolute atomic E-state index is 0.0959. The van der Waals surface area contributed by atoms with Crippen LogP contribution in [-0.4, -0.2) is 37.4 Å². The van der Waals surface area contributed by atoms with E-state index in [1.807, 2.05) is 0 Å². The molecule has 0 spiro atoms. The van der Waals surface area contributed by atoms with E-state index in [0.29, 0.717) is 12.3 Å². The second-order valence-corrected chi connectivity index (χ2v) is 8.09. The normalized spacial score (nSPS) is 37.8. The molecule has 4 unspecified atom stereocenters. The molecule has 6 rings (SSSR count). The molecule has 0 aromatic heterocycles. The number of anilines is 2. The number of benzene rings is 2. The Bertz CT molecular complexity index is 864. The summed E-state index contributed by atoms with van der Waals surface area (Å²) >= 11 is 0. The van der Waals surface area contributed by atoms with Crippen molar-refractivity contribution in [1.82, 2.24) is 10.2 Å². The average Bonchev–Trinajstić information content (AvgIpc) is 3.34. The standard InChI is InChI=1S/C21H24N4/c1-25-13-11-21(15-7-3-5-9-17(15)24-19(21)25)20-10-12-22-18(20)23-16-8-4-2-6-14(16)20/h2-9,18-19,22-24H,10-13H2,1H3. The van der Waals surface area contributed by atoms with Crippen LogP contribution in [0.3, 0.4) is 0 Å². The SMILES string of the molecule is CN1CCC2(C34CCNC3Nc3ccccc34)c3ccccc3NC12. The third kappa shape index (κ3) is 1.44. The molecule has 4 heteroatoms. The van der Waals surface area contributed by atoms with Gasteiger partial charge in [-0.2, -0.15) is 0 Å². The molecule has 2 saturated heterocycles. The molecule has 4 aliphatic heterocycles. The minimum Gasteiger partial charge on any atom is -0.369 e. The summed E-state index contributed by atoms with van der Waals surface area (Å²) in [6.07, 6.45) is 3.06. The number of fused-ring (bicyclic) bond motifs is 7. The monoisotopic (exact) mass is 332 g/mol. The number of hydrogen-bond donors (Lipinski definition) is 3. The first-order valence-corrected chi connectivity index (χ1v) is 9.43. The van der Waals surface area contributed by atoms with Crippen molar-refractivity contribution in [3.05, 3.63) is 59.7 Å². The molecule has 0 bridgehead atoms. The van der Waals surface area contributed by atoms with E-state index < -0.39 is 0 Å². The summed E-state index contributed by atoms with van der Waals surface area (Å²) in [6.45, 7) is 2.22. The number of nitrogens with zero attached hydrogens (tertiary/aromatic N) is 1. The number of likely N-dealkylation sites (N-methyl/N-ethyl adjacent to an activating group) is 1. The van der Waals surface area contributed by atoms with Crippen LogP contribution >= 0.6 is 0 Å². The lowest BCUT2D eigenvalue weighted by Crippen LogP contribution is -2.59. The van der Waals surface area contributed by atoms with E-state index in [2.05, 4.69) is 76.4 Å². The first-order chi connectivity index (χ1) is 12.3. The molecule has 0 saturated carbocycles. The molecule has 2 fully saturated rings. The Morgan fingerprint density at radius 1 is 0.880 bits per heavy atom. The zero-order valence-corrected chi connectivity index (χ0v) is 14.5. The highest BCUT2D eigenvalue weighted by Crippen LogP contribution is 2.64. The van der Waals surface area contributed by atoms with Gasteiger partial charge in [-0.05, 0) is 49.7 Å². The van der Waals surface area contributed by atoms with Crippen LogP contribution in [0.1, 0.15) is 24.0 Å². The van der Waals surface area contributed by atoms with Crippen molar-refractivity contribution in [2.24, 2.45) is 0 Å². The fraction of sp³-hybridized carbons (Fsp3) is 0.429. The van der Waals surface area contributed by atoms with Gasteiger partial charge in [-0.3, -0.25) is 10.2 Å². The lowest BCUT2D eigenvalue weighted by molar-refractivity contribution is 0.170. The zero-order chi connectivity index (χ0) is 16.6. The second-order valence-electron chi connectivity index (χ2n) is 8.09. The van der Waals surface area contributed by atoms with E-state index in [9.17, 15) is 0 Å². The largest absolute Gasteiger partial charge is 0.369 e. The second kappa shape index (κ2) is 4.57. The van der Waals surface area contributed by atoms with Gasteiger partial charge in [0.25, 0.3) is 0 Å². The van der Waals surface area contributed by atoms with Gasteiger partial charge in [0.05, 0.1) is 12.3 Å². The van der Waals surface area contributed by atoms with Gasteiger partial charge in [0.15, 0.2) is 0 Å². The quantitative estimate of drug-likeness (QED) is 0.751. The molecular weight excluding hydrogens is 308 g/mol. The first-order valence-electron chi connectivity index (χ1n) is 9.43. The van der Waals surface area contributed by atoms with Crippen LogP contribution in [0.15, 0.2) is 48.5 Å². The van der Waals surface area contributed by atoms with Crippen molar-refractivity contribution in [2.75, 3.05) is 30.8 Å². The maximum atomic E-state index is 3.87. The molecule has 3 N–H and O–H groups in total. The summed E-state index contributed by atoms with van der Waals surface area (Å²) in [5.74, 6) is 0. The summed E-state index contributed by atoms with van der Waals surface area (Å²) in [5, 5.41) is 11.5. The van der Waals surface area contributed by atoms with Gasteiger partial charge in [0.2, 0.25) is 0 Å². The molecule has 4 aliphatic rings. The summed E-state index contributed by atoms with van der Waals surface area (Å²) in [6, 6.07) is 18.0. The number of para-hydroxylation sites is 2. The number of hydrogen-bond acceptors (Lipinski definition) is 4. The summed E-state index contributed by atoms with van der Waals surface area (Å²) < 4.78 is 0. The molecule has 25 heavy (non-hydrogen) atoms. The van der Waals surface area contributed by atoms with Crippen molar-refractivity contribution in [1.29, 1.82) is 0 Å². The van der Waals surface area contributed by atoms with E-state index in [0.717, 1.165) is 13.1 Å². The van der Waals surface area contributed by atoms with Gasteiger partial charge in [-0.1, -0.05) is 36.4 Å². The molecule has 0 aliphatic carbocycles. The van der Waals surface area contributed by atoms with Crippen molar-refractivity contribution >= 4 is 11.4 Å². The predicted octanol–water partition coefficient (Wildman–Crippen LogP) is 2.69. The van der Waals surface area contributed by atoms with Crippen molar-refractivity contribution < 1.29 is 0 Å². The Morgan fingerprint density at radius 2 is 1.56 bits per heavy atom. The van der Waals surface area contributed by atoms with Crippen LogP contribution in [0.4, 0.5) is 11.4 Å². The average molecular weight is 332 g/mol. The van der Waals surface area contributed by atoms with Crippen LogP contribution in [0.25, 0.3) is 0 Å². The molecule has 2 aromatic rings. The minimum atomic E-state index is 0.0959. The molecule has 2 aromatic carbocycles. The number of nitrogens with one attached hydrogen (secondary N) is 3. The van der Waals surface area contributed by atoms with Gasteiger partial charge in [-0.15, -0.1) is 0 Å². The van der Waals surface area contributed by atoms with Crippen LogP contribution in [-0.2, 0) is 10.8 Å². The lowest BCUT2D eigenvalue weighted by Gasteiger charge is -2.47. The Kier molecular flexibility index (Phi) is 2.59. The molecule has 0 amide bonds. The molecule has 4 heterocycles. The third-order valence-corrected chi connectivity index (χ3v) is 7.33. The van der Waals surface area contributed by atoms with Gasteiger partial charge in [0.1, 0.15) is 0 Å². The van der Waals surface area contributed by atoms with Crippen molar-refractivity contribution in [3.63, 3.8) is 0 Å². The Balaban J connectivity index is 1.67. The Hall–Kier alpha value is -2.04. The van der Waals surface area contributed by atoms with E-state index >= 15 is 0 Å². The fourth-order valence-corrected chi connectivity index (χ4v) is 6.43. The molecular formula is C21H24N4. The van der Waals surface area contributed by atoms with E-state index in [-0.39, 0.29) is 10.8 Å². The molecule has 128 valence electrons. The topological polar surface area (TPSA) is 39.3 Å². The summed E-state index contributed by atoms with van der Waals surface area (Å²) in [7, 11) is 2.27. The maximum Gasteiger partial charge on any atom is 0.0901 e. The fourth-order valence-electron chi connectivity index (χ4n) is 6.43. The van der Waals surface area contributed by atoms with E-state index in [1.165, 1.54) is 35.3 Å². The van der Waals surface area contributed by atoms with Crippen LogP contribution < -0.4 is 16.0 Å². The van der Waals surface area contributed by atoms with Crippen molar-refractivity contribution in [3.8, 4) is 0 Å². The highest BCUT2D eigenvalue weighted by atomic mass is 15.3. The predicted molar refractivity (Wildman–Crippen MR) is 101 cm³/mol. The number of likely N-dealkylation sites (tertiary alicyclic amines) is 1. The Labute approximate surface area is 148 Å². The highest BCUT2D eigenvalue weighted by Gasteiger charge is 2.70. The maximum absolute atomic E-state index is 3.87. The van der Waals surface area contributed by atoms with Crippen LogP contribution in [0, 0.1) is 0 Å². The Morgan fingerprint density at radius 3 is 2.36 bits per heavy atom. The first kappa shape index (κ1) is 14.2. The highest BCUT2D eigenvalue weighted by molar-refractivity contribution is 5.72. The smallest absolute Gasteiger partial charge is 0.0901 e. The van der Waals surface area contributed by atoms with E-state index in [4.69, 9.17) is 0 Å². The molecule has 4 nitrogen and oxygen atoms in total. The lowest BCUT2D eigenvalue weighted by atomic mass is 9.55. The van der Waals surface area contributed by atoms with Gasteiger partial charge < -0.3 is 10.6 Å². The summed E-state index contributed by atoms with van der Waals surface area (Å²) in [4.78, 5) is 2.52. The van der Waals surface area contributed by atoms with Crippen LogP contribution in [0.2, 0.25) is 0 Å². The van der Waals surface area contributed by atoms with Crippen LogP contribution in [0.5, 0.6) is 0 Å². The molecule has 0 radical (unpaired) electrons. The molecule has 4 atom stereocenters. The van der Waals surface area contributed by atoms with E-state index in [1.54, 1.807) is 0 Å². The van der Waals surface area contributed by atoms with Gasteiger partial charge >= 0.3 is 0 Å². The summed E-state index contributed by atoms with van der Waals surface area (Å²) in [5.41, 5.74) is 5.85.